The first-order chi connectivity index (χ1) is 32.1. The number of pyridine rings is 2. The number of benzene rings is 2. The van der Waals surface area contributed by atoms with E-state index in [4.69, 9.17) is 9.47 Å². The van der Waals surface area contributed by atoms with Crippen molar-refractivity contribution in [2.75, 3.05) is 43.0 Å². The summed E-state index contributed by atoms with van der Waals surface area (Å²) in [7, 11) is -4.64. The number of carbonyl (C=O) groups is 1. The molecule has 0 bridgehead atoms. The Hall–Kier alpha value is -5.62. The fourth-order valence-electron chi connectivity index (χ4n) is 11.0. The second-order valence-corrected chi connectivity index (χ2v) is 22.1. The van der Waals surface area contributed by atoms with Gasteiger partial charge in [0.1, 0.15) is 22.0 Å². The van der Waals surface area contributed by atoms with E-state index in [0.29, 0.717) is 42.7 Å². The van der Waals surface area contributed by atoms with Gasteiger partial charge in [-0.25, -0.2) is 23.1 Å². The van der Waals surface area contributed by atoms with Crippen LogP contribution in [-0.4, -0.2) is 94.2 Å². The number of hydrogen-bond acceptors (Lipinski definition) is 13. The van der Waals surface area contributed by atoms with Crippen molar-refractivity contribution < 1.29 is 32.7 Å². The maximum absolute atomic E-state index is 14.0. The van der Waals surface area contributed by atoms with Gasteiger partial charge in [-0.15, -0.1) is 0 Å². The summed E-state index contributed by atoms with van der Waals surface area (Å²) in [5, 5.41) is 26.3. The highest BCUT2D eigenvalue weighted by atomic mass is 32.2. The second-order valence-electron chi connectivity index (χ2n) is 20.4. The van der Waals surface area contributed by atoms with Crippen LogP contribution in [0.15, 0.2) is 84.1 Å². The largest absolute Gasteiger partial charge is 0.455 e. The Morgan fingerprint density at radius 3 is 2.51 bits per heavy atom. The van der Waals surface area contributed by atoms with Crippen LogP contribution in [0.1, 0.15) is 118 Å². The molecule has 5 aromatic rings. The maximum atomic E-state index is 14.0. The fraction of sp³-hybridized carbons (Fsp3) is 0.500. The maximum Gasteiger partial charge on any atom is 0.312 e. The number of sulfonamides is 1. The lowest BCUT2D eigenvalue weighted by molar-refractivity contribution is -0.384. The number of amides is 1. The van der Waals surface area contributed by atoms with Gasteiger partial charge in [0, 0.05) is 61.6 Å². The van der Waals surface area contributed by atoms with Crippen molar-refractivity contribution in [3.63, 3.8) is 0 Å². The number of aromatic nitrogens is 3. The molecule has 16 nitrogen and oxygen atoms in total. The SMILES string of the molecule is CC(C)c1ccccc1[C@H]1COC2(CC2)CN1C1CC2(CCN(c3ccc(C(=O)NS(=O)(=O)c4cnc(NC[C@H]5CC[C@](C)(O)CC5)c([N+](=O)[O-])c4)c(Oc4cnc5[nH]ccc5c4)c3)CC2)C1. The number of rotatable bonds is 13. The minimum Gasteiger partial charge on any atom is -0.455 e. The van der Waals surface area contributed by atoms with Gasteiger partial charge < -0.3 is 29.8 Å². The Morgan fingerprint density at radius 1 is 1.01 bits per heavy atom. The van der Waals surface area contributed by atoms with Crippen LogP contribution < -0.4 is 19.7 Å². The topological polar surface area (TPSA) is 205 Å². The van der Waals surface area contributed by atoms with Gasteiger partial charge in [0.05, 0.1) is 46.7 Å². The molecule has 3 aromatic heterocycles. The monoisotopic (exact) mass is 932 g/mol. The first-order valence-electron chi connectivity index (χ1n) is 23.7. The molecule has 10 rings (SSSR count). The van der Waals surface area contributed by atoms with E-state index in [1.165, 1.54) is 17.3 Å². The number of hydrogen-bond donors (Lipinski definition) is 4. The van der Waals surface area contributed by atoms with Crippen molar-refractivity contribution >= 4 is 44.2 Å². The molecule has 3 aliphatic carbocycles. The van der Waals surface area contributed by atoms with Crippen LogP contribution in [0.3, 0.4) is 0 Å². The summed E-state index contributed by atoms with van der Waals surface area (Å²) in [6.45, 7) is 10.1. The first-order valence-corrected chi connectivity index (χ1v) is 25.2. The standard InChI is InChI=1S/C50H60N8O8S/c1-32(2)39-6-4-5-7-40(39)43-30-65-50(15-16-50)31-57(43)36-25-49(26-36)17-20-56(21-18-49)35-8-9-41(44(23-35)66-37-22-34-12-19-51-45(34)53-28-37)47(59)55-67(63,64)38-24-42(58(61)62)46(54-29-38)52-27-33-10-13-48(3,60)14-11-33/h4-9,12,19,22-24,28-29,32-33,36,43,60H,10-11,13-18,20-21,25-27,30-31H2,1-3H3,(H,51,53)(H,52,54)(H,55,59)/t33-,43-,48-/m1/s1. The second kappa shape index (κ2) is 17.5. The molecule has 5 fully saturated rings. The highest BCUT2D eigenvalue weighted by molar-refractivity contribution is 7.90. The number of aliphatic hydroxyl groups is 1. The van der Waals surface area contributed by atoms with E-state index in [-0.39, 0.29) is 40.1 Å². The Balaban J connectivity index is 0.842. The molecule has 2 aromatic carbocycles. The van der Waals surface area contributed by atoms with Crippen LogP contribution in [0.2, 0.25) is 0 Å². The first kappa shape index (κ1) is 45.2. The third-order valence-electron chi connectivity index (χ3n) is 15.3. The Kier molecular flexibility index (Phi) is 11.8. The fourth-order valence-corrected chi connectivity index (χ4v) is 11.9. The molecule has 1 atom stereocenters. The molecule has 2 spiro atoms. The zero-order valence-electron chi connectivity index (χ0n) is 38.4. The summed E-state index contributed by atoms with van der Waals surface area (Å²) in [5.74, 6) is 0.0331. The van der Waals surface area contributed by atoms with E-state index in [1.807, 2.05) is 12.1 Å². The predicted molar refractivity (Wildman–Crippen MR) is 254 cm³/mol. The van der Waals surface area contributed by atoms with Gasteiger partial charge in [-0.1, -0.05) is 38.1 Å². The van der Waals surface area contributed by atoms with E-state index in [0.717, 1.165) is 101 Å². The number of piperidine rings is 1. The van der Waals surface area contributed by atoms with E-state index in [9.17, 15) is 28.4 Å². The van der Waals surface area contributed by atoms with Crippen molar-refractivity contribution in [3.05, 3.63) is 106 Å². The van der Waals surface area contributed by atoms with Crippen molar-refractivity contribution in [2.24, 2.45) is 11.3 Å². The molecule has 17 heteroatoms. The lowest BCUT2D eigenvalue weighted by Gasteiger charge is -2.58. The van der Waals surface area contributed by atoms with Crippen molar-refractivity contribution in [1.29, 1.82) is 0 Å². The molecule has 5 aliphatic rings. The van der Waals surface area contributed by atoms with Gasteiger partial charge >= 0.3 is 5.69 Å². The number of nitrogens with zero attached hydrogens (tertiary/aromatic N) is 5. The highest BCUT2D eigenvalue weighted by Crippen LogP contribution is 2.56. The number of fused-ring (bicyclic) bond motifs is 1. The van der Waals surface area contributed by atoms with Crippen LogP contribution in [0.5, 0.6) is 11.5 Å². The summed E-state index contributed by atoms with van der Waals surface area (Å²) in [5.41, 5.74) is 3.26. The van der Waals surface area contributed by atoms with Crippen molar-refractivity contribution in [1.82, 2.24) is 24.6 Å². The third-order valence-corrected chi connectivity index (χ3v) is 16.6. The molecule has 354 valence electrons. The summed E-state index contributed by atoms with van der Waals surface area (Å²) < 4.78 is 42.5. The van der Waals surface area contributed by atoms with Crippen LogP contribution in [0, 0.1) is 21.4 Å². The van der Waals surface area contributed by atoms with Crippen LogP contribution in [-0.2, 0) is 14.8 Å². The zero-order chi connectivity index (χ0) is 46.7. The molecule has 0 unspecified atom stereocenters. The van der Waals surface area contributed by atoms with Gasteiger partial charge in [-0.05, 0) is 124 Å². The highest BCUT2D eigenvalue weighted by Gasteiger charge is 2.56. The van der Waals surface area contributed by atoms with Gasteiger partial charge in [0.2, 0.25) is 5.82 Å². The van der Waals surface area contributed by atoms with E-state index in [2.05, 4.69) is 72.9 Å². The van der Waals surface area contributed by atoms with Gasteiger partial charge in [0.15, 0.2) is 0 Å². The van der Waals surface area contributed by atoms with Gasteiger partial charge in [-0.2, -0.15) is 0 Å². The summed E-state index contributed by atoms with van der Waals surface area (Å²) in [6.07, 6.45) is 13.6. The van der Waals surface area contributed by atoms with E-state index in [1.54, 1.807) is 31.3 Å². The number of anilines is 2. The van der Waals surface area contributed by atoms with Crippen molar-refractivity contribution in [2.45, 2.75) is 119 Å². The van der Waals surface area contributed by atoms with Crippen LogP contribution in [0.4, 0.5) is 17.2 Å². The minimum atomic E-state index is -4.64. The lowest BCUT2D eigenvalue weighted by Crippen LogP contribution is -2.59. The summed E-state index contributed by atoms with van der Waals surface area (Å²) >= 11 is 0. The molecule has 67 heavy (non-hydrogen) atoms. The van der Waals surface area contributed by atoms with E-state index < -0.39 is 37.0 Å². The summed E-state index contributed by atoms with van der Waals surface area (Å²) in [4.78, 5) is 41.6. The lowest BCUT2D eigenvalue weighted by atomic mass is 9.59. The average molecular weight is 933 g/mol. The normalized spacial score (nSPS) is 24.7. The molecule has 2 aliphatic heterocycles. The number of H-pyrrole nitrogens is 1. The average Bonchev–Trinajstić information content (AvgIpc) is 3.88. The Bertz CT molecular complexity index is 2780. The molecule has 5 heterocycles. The van der Waals surface area contributed by atoms with Gasteiger partial charge in [0.25, 0.3) is 15.9 Å². The van der Waals surface area contributed by atoms with Crippen LogP contribution in [0.25, 0.3) is 11.0 Å². The molecule has 3 saturated carbocycles. The molecule has 2 saturated heterocycles. The Labute approximate surface area is 391 Å². The number of aromatic amines is 1. The van der Waals surface area contributed by atoms with Crippen molar-refractivity contribution in [3.8, 4) is 11.5 Å². The molecular formula is C50H60N8O8S. The van der Waals surface area contributed by atoms with Crippen LogP contribution >= 0.6 is 0 Å². The Morgan fingerprint density at radius 2 is 1.78 bits per heavy atom. The smallest absolute Gasteiger partial charge is 0.312 e. The minimum absolute atomic E-state index is 0.0212. The summed E-state index contributed by atoms with van der Waals surface area (Å²) in [6, 6.07) is 19.3. The predicted octanol–water partition coefficient (Wildman–Crippen LogP) is 8.61. The number of carbonyl (C=O) groups excluding carboxylic acids is 1. The molecule has 0 radical (unpaired) electrons. The molecule has 1 amide bonds. The quantitative estimate of drug-likeness (QED) is 0.0646. The van der Waals surface area contributed by atoms with E-state index >= 15 is 0 Å². The zero-order valence-corrected chi connectivity index (χ0v) is 39.2. The number of nitrogens with one attached hydrogen (secondary N) is 3. The number of nitro groups is 1. The molecule has 4 N–H and O–H groups in total. The number of ether oxygens (including phenoxy) is 2. The third kappa shape index (κ3) is 9.35. The van der Waals surface area contributed by atoms with Gasteiger partial charge in [-0.3, -0.25) is 19.8 Å². The number of morpholine rings is 1. The molecular weight excluding hydrogens is 873 g/mol.